The number of hydrogen-bond donors (Lipinski definition) is 1. The van der Waals surface area contributed by atoms with Crippen LogP contribution >= 0.6 is 11.6 Å². The van der Waals surface area contributed by atoms with Crippen molar-refractivity contribution < 1.29 is 8.42 Å². The Morgan fingerprint density at radius 1 is 1.15 bits per heavy atom. The molecule has 4 nitrogen and oxygen atoms in total. The van der Waals surface area contributed by atoms with Crippen molar-refractivity contribution in [1.82, 2.24) is 9.29 Å². The van der Waals surface area contributed by atoms with Crippen LogP contribution in [0.5, 0.6) is 0 Å². The van der Waals surface area contributed by atoms with Gasteiger partial charge in [0.25, 0.3) is 0 Å². The number of H-pyrrole nitrogens is 1. The molecule has 6 heteroatoms. The first kappa shape index (κ1) is 17.3. The Hall–Kier alpha value is -2.08. The predicted molar refractivity (Wildman–Crippen MR) is 106 cm³/mol. The van der Waals surface area contributed by atoms with Crippen LogP contribution < -0.4 is 0 Å². The Bertz CT molecular complexity index is 1120. The van der Waals surface area contributed by atoms with E-state index in [0.29, 0.717) is 29.4 Å². The van der Waals surface area contributed by atoms with Gasteiger partial charge in [-0.1, -0.05) is 35.9 Å². The summed E-state index contributed by atoms with van der Waals surface area (Å²) in [7, 11) is -3.46. The lowest BCUT2D eigenvalue weighted by atomic mass is 10.00. The zero-order chi connectivity index (χ0) is 18.3. The fraction of sp³-hybridized carbons (Fsp3) is 0.200. The summed E-state index contributed by atoms with van der Waals surface area (Å²) in [5.74, 6) is 0. The number of halogens is 1. The summed E-state index contributed by atoms with van der Waals surface area (Å²) in [6.07, 6.45) is 4.66. The lowest BCUT2D eigenvalue weighted by molar-refractivity contribution is 0.441. The normalized spacial score (nSPS) is 16.0. The average molecular weight is 387 g/mol. The average Bonchev–Trinajstić information content (AvgIpc) is 3.05. The topological polar surface area (TPSA) is 53.2 Å². The molecule has 134 valence electrons. The summed E-state index contributed by atoms with van der Waals surface area (Å²) in [4.78, 5) is 3.60. The Kier molecular flexibility index (Phi) is 4.39. The number of hydrogen-bond acceptors (Lipinski definition) is 2. The number of benzene rings is 2. The van der Waals surface area contributed by atoms with Gasteiger partial charge < -0.3 is 4.98 Å². The molecule has 1 aliphatic rings. The minimum absolute atomic E-state index is 0.357. The van der Waals surface area contributed by atoms with Gasteiger partial charge in [-0.15, -0.1) is 0 Å². The Morgan fingerprint density at radius 3 is 2.73 bits per heavy atom. The largest absolute Gasteiger partial charge is 0.361 e. The number of aryl methyl sites for hydroxylation is 1. The van der Waals surface area contributed by atoms with E-state index < -0.39 is 10.0 Å². The maximum atomic E-state index is 12.9. The molecule has 0 aliphatic carbocycles. The third kappa shape index (κ3) is 3.07. The van der Waals surface area contributed by atoms with Crippen molar-refractivity contribution in [3.8, 4) is 0 Å². The van der Waals surface area contributed by atoms with Crippen LogP contribution in [0.2, 0.25) is 5.02 Å². The van der Waals surface area contributed by atoms with Crippen LogP contribution in [0.15, 0.2) is 59.6 Å². The lowest BCUT2D eigenvalue weighted by Crippen LogP contribution is -2.34. The zero-order valence-corrected chi connectivity index (χ0v) is 15.9. The van der Waals surface area contributed by atoms with Gasteiger partial charge in [-0.2, -0.15) is 4.31 Å². The van der Waals surface area contributed by atoms with Crippen LogP contribution in [-0.4, -0.2) is 30.8 Å². The summed E-state index contributed by atoms with van der Waals surface area (Å²) in [6, 6.07) is 12.8. The molecule has 0 spiro atoms. The van der Waals surface area contributed by atoms with Crippen LogP contribution in [0.3, 0.4) is 0 Å². The molecule has 0 unspecified atom stereocenters. The molecule has 0 radical (unpaired) electrons. The maximum Gasteiger partial charge on any atom is 0.243 e. The number of aromatic nitrogens is 1. The van der Waals surface area contributed by atoms with Crippen LogP contribution in [-0.2, 0) is 10.0 Å². The Morgan fingerprint density at radius 2 is 2.00 bits per heavy atom. The van der Waals surface area contributed by atoms with E-state index in [0.717, 1.165) is 27.6 Å². The molecular formula is C20H19ClN2O2S. The van der Waals surface area contributed by atoms with Gasteiger partial charge in [0.15, 0.2) is 0 Å². The molecule has 0 atom stereocenters. The lowest BCUT2D eigenvalue weighted by Gasteiger charge is -2.26. The molecule has 0 bridgehead atoms. The molecule has 0 saturated heterocycles. The van der Waals surface area contributed by atoms with Crippen molar-refractivity contribution in [2.24, 2.45) is 0 Å². The third-order valence-electron chi connectivity index (χ3n) is 4.79. The maximum absolute atomic E-state index is 12.9. The van der Waals surface area contributed by atoms with E-state index >= 15 is 0 Å². The van der Waals surface area contributed by atoms with Crippen LogP contribution in [0, 0.1) is 6.92 Å². The van der Waals surface area contributed by atoms with Gasteiger partial charge in [0.2, 0.25) is 10.0 Å². The van der Waals surface area contributed by atoms with Gasteiger partial charge in [0.05, 0.1) is 4.90 Å². The Balaban J connectivity index is 1.62. The van der Waals surface area contributed by atoms with Gasteiger partial charge in [-0.25, -0.2) is 8.42 Å². The van der Waals surface area contributed by atoms with E-state index in [2.05, 4.69) is 4.98 Å². The van der Waals surface area contributed by atoms with Crippen molar-refractivity contribution in [2.75, 3.05) is 13.1 Å². The number of aromatic amines is 1. The number of sulfonamides is 1. The smallest absolute Gasteiger partial charge is 0.243 e. The summed E-state index contributed by atoms with van der Waals surface area (Å²) in [6.45, 7) is 2.75. The van der Waals surface area contributed by atoms with Crippen molar-refractivity contribution in [2.45, 2.75) is 18.2 Å². The summed E-state index contributed by atoms with van der Waals surface area (Å²) < 4.78 is 27.3. The van der Waals surface area contributed by atoms with Gasteiger partial charge in [0.1, 0.15) is 0 Å². The van der Waals surface area contributed by atoms with E-state index in [-0.39, 0.29) is 0 Å². The first-order valence-electron chi connectivity index (χ1n) is 8.48. The highest BCUT2D eigenvalue weighted by atomic mass is 35.5. The minimum Gasteiger partial charge on any atom is -0.361 e. The number of rotatable bonds is 3. The molecule has 0 fully saturated rings. The van der Waals surface area contributed by atoms with E-state index in [4.69, 9.17) is 11.6 Å². The van der Waals surface area contributed by atoms with E-state index in [1.807, 2.05) is 43.5 Å². The molecule has 2 aromatic carbocycles. The van der Waals surface area contributed by atoms with E-state index in [9.17, 15) is 8.42 Å². The second-order valence-corrected chi connectivity index (χ2v) is 8.93. The molecule has 0 amide bonds. The third-order valence-corrected chi connectivity index (χ3v) is 6.89. The fourth-order valence-electron chi connectivity index (χ4n) is 3.40. The molecule has 0 saturated carbocycles. The van der Waals surface area contributed by atoms with E-state index in [1.54, 1.807) is 18.2 Å². The van der Waals surface area contributed by atoms with Gasteiger partial charge in [-0.3, -0.25) is 0 Å². The van der Waals surface area contributed by atoms with Crippen molar-refractivity contribution in [3.05, 3.63) is 70.9 Å². The highest BCUT2D eigenvalue weighted by Crippen LogP contribution is 2.32. The quantitative estimate of drug-likeness (QED) is 0.714. The van der Waals surface area contributed by atoms with Gasteiger partial charge >= 0.3 is 0 Å². The van der Waals surface area contributed by atoms with Crippen LogP contribution in [0.1, 0.15) is 17.5 Å². The van der Waals surface area contributed by atoms with Crippen LogP contribution in [0.25, 0.3) is 16.5 Å². The molecule has 3 aromatic rings. The number of nitrogens with zero attached hydrogens (tertiary/aromatic N) is 1. The van der Waals surface area contributed by atoms with Crippen LogP contribution in [0.4, 0.5) is 0 Å². The highest BCUT2D eigenvalue weighted by molar-refractivity contribution is 7.89. The minimum atomic E-state index is -3.46. The van der Waals surface area contributed by atoms with Gasteiger partial charge in [-0.05, 0) is 48.7 Å². The highest BCUT2D eigenvalue weighted by Gasteiger charge is 2.26. The molecule has 1 aromatic heterocycles. The molecule has 1 aliphatic heterocycles. The predicted octanol–water partition coefficient (Wildman–Crippen LogP) is 4.61. The second-order valence-electron chi connectivity index (χ2n) is 6.55. The zero-order valence-electron chi connectivity index (χ0n) is 14.4. The van der Waals surface area contributed by atoms with Crippen molar-refractivity contribution >= 4 is 38.1 Å². The molecule has 1 N–H and O–H groups in total. The van der Waals surface area contributed by atoms with Crippen molar-refractivity contribution in [1.29, 1.82) is 0 Å². The monoisotopic (exact) mass is 386 g/mol. The van der Waals surface area contributed by atoms with Crippen molar-refractivity contribution in [3.63, 3.8) is 0 Å². The first-order valence-corrected chi connectivity index (χ1v) is 10.3. The second kappa shape index (κ2) is 6.58. The number of fused-ring (bicyclic) bond motifs is 1. The Labute approximate surface area is 158 Å². The summed E-state index contributed by atoms with van der Waals surface area (Å²) in [5.41, 5.74) is 4.21. The molecule has 26 heavy (non-hydrogen) atoms. The summed E-state index contributed by atoms with van der Waals surface area (Å²) >= 11 is 6.04. The SMILES string of the molecule is Cc1cccc(S(=O)(=O)N2CC=C(c3c[nH]c4cc(Cl)ccc34)CC2)c1. The standard InChI is InChI=1S/C20H19ClN2O2S/c1-14-3-2-4-17(11-14)26(24,25)23-9-7-15(8-10-23)19-13-22-20-12-16(21)5-6-18(19)20/h2-7,11-13,22H,8-10H2,1H3. The molecule has 2 heterocycles. The fourth-order valence-corrected chi connectivity index (χ4v) is 5.06. The van der Waals surface area contributed by atoms with Gasteiger partial charge in [0, 0.05) is 40.8 Å². The van der Waals surface area contributed by atoms with E-state index in [1.165, 1.54) is 4.31 Å². The number of nitrogens with one attached hydrogen (secondary N) is 1. The first-order chi connectivity index (χ1) is 12.4. The summed E-state index contributed by atoms with van der Waals surface area (Å²) in [5, 5.41) is 1.80. The molecule has 4 rings (SSSR count). The molecular weight excluding hydrogens is 368 g/mol.